The van der Waals surface area contributed by atoms with Crippen LogP contribution in [0.2, 0.25) is 0 Å². The minimum Gasteiger partial charge on any atom is -0.496 e. The van der Waals surface area contributed by atoms with Crippen molar-refractivity contribution >= 4 is 5.97 Å². The van der Waals surface area contributed by atoms with Gasteiger partial charge in [-0.2, -0.15) is 4.80 Å². The Bertz CT molecular complexity index is 1090. The van der Waals surface area contributed by atoms with Crippen LogP contribution >= 0.6 is 0 Å². The quantitative estimate of drug-likeness (QED) is 0.750. The predicted molar refractivity (Wildman–Crippen MR) is 104 cm³/mol. The Morgan fingerprint density at radius 3 is 2.54 bits per heavy atom. The Balaban J connectivity index is 2.02. The molecule has 0 bridgehead atoms. The lowest BCUT2D eigenvalue weighted by molar-refractivity contribution is 0.0685. The van der Waals surface area contributed by atoms with E-state index in [1.807, 2.05) is 16.7 Å². The molecule has 0 spiro atoms. The molecule has 0 fully saturated rings. The van der Waals surface area contributed by atoms with E-state index in [1.54, 1.807) is 20.2 Å². The summed E-state index contributed by atoms with van der Waals surface area (Å²) in [5.74, 6) is 0.244. The first kappa shape index (κ1) is 18.2. The number of nitrogens with zero attached hydrogens (tertiary/aromatic N) is 5. The van der Waals surface area contributed by atoms with Crippen LogP contribution in [-0.4, -0.2) is 43.0 Å². The molecule has 1 aliphatic heterocycles. The van der Waals surface area contributed by atoms with Crippen molar-refractivity contribution in [1.29, 1.82) is 0 Å². The number of methoxy groups -OCH3 is 1. The first-order chi connectivity index (χ1) is 13.2. The van der Waals surface area contributed by atoms with E-state index in [4.69, 9.17) is 4.74 Å². The van der Waals surface area contributed by atoms with Crippen LogP contribution in [0.5, 0.6) is 5.75 Å². The van der Waals surface area contributed by atoms with Crippen LogP contribution in [0.1, 0.15) is 42.4 Å². The van der Waals surface area contributed by atoms with Gasteiger partial charge in [0.1, 0.15) is 11.4 Å². The number of carboxylic acids is 1. The van der Waals surface area contributed by atoms with Crippen LogP contribution in [0.4, 0.5) is 0 Å². The fourth-order valence-electron chi connectivity index (χ4n) is 3.84. The first-order valence-electron chi connectivity index (χ1n) is 9.13. The summed E-state index contributed by atoms with van der Waals surface area (Å²) < 4.78 is 7.49. The minimum absolute atomic E-state index is 0.204. The maximum atomic E-state index is 11.8. The molecule has 146 valence electrons. The van der Waals surface area contributed by atoms with Crippen molar-refractivity contribution in [2.45, 2.75) is 39.2 Å². The summed E-state index contributed by atoms with van der Waals surface area (Å²) >= 11 is 0. The van der Waals surface area contributed by atoms with E-state index < -0.39 is 5.97 Å². The summed E-state index contributed by atoms with van der Waals surface area (Å²) in [6.45, 7) is 6.90. The van der Waals surface area contributed by atoms with Gasteiger partial charge in [-0.25, -0.2) is 4.79 Å². The third-order valence-electron chi connectivity index (χ3n) is 5.16. The third-order valence-corrected chi connectivity index (χ3v) is 5.16. The second kappa shape index (κ2) is 6.19. The molecule has 8 nitrogen and oxygen atoms in total. The lowest BCUT2D eigenvalue weighted by Crippen LogP contribution is -2.18. The van der Waals surface area contributed by atoms with Gasteiger partial charge in [0.2, 0.25) is 5.82 Å². The van der Waals surface area contributed by atoms with Gasteiger partial charge >= 0.3 is 5.97 Å². The molecule has 0 saturated heterocycles. The van der Waals surface area contributed by atoms with Crippen LogP contribution in [0.25, 0.3) is 22.6 Å². The van der Waals surface area contributed by atoms with Crippen molar-refractivity contribution in [3.63, 3.8) is 0 Å². The standard InChI is InChI=1S/C20H23N5O3/c1-20(2,3)14-10-15(19(26)27)25-7-6-11-8-16(28-5)13(9-12(11)17(14)25)18-21-23-24(4)22-18/h8-10H,6-7H2,1-5H3,(H,26,27). The smallest absolute Gasteiger partial charge is 0.352 e. The maximum Gasteiger partial charge on any atom is 0.352 e. The second-order valence-corrected chi connectivity index (χ2v) is 8.06. The van der Waals surface area contributed by atoms with Gasteiger partial charge in [-0.05, 0) is 46.4 Å². The number of fused-ring (bicyclic) bond motifs is 3. The van der Waals surface area contributed by atoms with E-state index in [2.05, 4.69) is 36.2 Å². The van der Waals surface area contributed by atoms with Crippen molar-refractivity contribution in [1.82, 2.24) is 24.8 Å². The van der Waals surface area contributed by atoms with Crippen molar-refractivity contribution in [3.8, 4) is 28.4 Å². The largest absolute Gasteiger partial charge is 0.496 e. The molecule has 0 amide bonds. The SMILES string of the molecule is COc1cc2c(cc1-c1nnn(C)n1)-c1c(C(C)(C)C)cc(C(=O)O)n1CC2. The Morgan fingerprint density at radius 2 is 1.96 bits per heavy atom. The van der Waals surface area contributed by atoms with Crippen LogP contribution in [-0.2, 0) is 25.4 Å². The third kappa shape index (κ3) is 2.76. The molecule has 4 rings (SSSR count). The molecule has 1 N–H and O–H groups in total. The molecule has 1 aliphatic rings. The summed E-state index contributed by atoms with van der Waals surface area (Å²) in [7, 11) is 3.33. The van der Waals surface area contributed by atoms with E-state index in [0.717, 1.165) is 34.4 Å². The summed E-state index contributed by atoms with van der Waals surface area (Å²) in [5.41, 5.74) is 4.92. The van der Waals surface area contributed by atoms with Gasteiger partial charge in [0.25, 0.3) is 0 Å². The topological polar surface area (TPSA) is 95.1 Å². The Hall–Kier alpha value is -3.16. The molecule has 8 heteroatoms. The van der Waals surface area contributed by atoms with Gasteiger partial charge in [-0.15, -0.1) is 10.2 Å². The molecule has 2 aromatic heterocycles. The van der Waals surface area contributed by atoms with E-state index in [9.17, 15) is 9.90 Å². The number of aromatic carboxylic acids is 1. The zero-order valence-corrected chi connectivity index (χ0v) is 16.6. The van der Waals surface area contributed by atoms with Crippen molar-refractivity contribution in [2.24, 2.45) is 7.05 Å². The van der Waals surface area contributed by atoms with Gasteiger partial charge in [-0.3, -0.25) is 0 Å². The van der Waals surface area contributed by atoms with Crippen LogP contribution in [0, 0.1) is 0 Å². The summed E-state index contributed by atoms with van der Waals surface area (Å²) in [4.78, 5) is 13.2. The zero-order chi connectivity index (χ0) is 20.2. The van der Waals surface area contributed by atoms with E-state index in [1.165, 1.54) is 4.80 Å². The Morgan fingerprint density at radius 1 is 1.21 bits per heavy atom. The molecular weight excluding hydrogens is 358 g/mol. The van der Waals surface area contributed by atoms with Gasteiger partial charge < -0.3 is 14.4 Å². The highest BCUT2D eigenvalue weighted by atomic mass is 16.5. The number of carboxylic acid groups (broad SMARTS) is 1. The number of hydrogen-bond acceptors (Lipinski definition) is 5. The molecule has 3 heterocycles. The molecule has 3 aromatic rings. The fraction of sp³-hybridized carbons (Fsp3) is 0.400. The molecule has 0 aliphatic carbocycles. The summed E-state index contributed by atoms with van der Waals surface area (Å²) in [6.07, 6.45) is 0.728. The van der Waals surface area contributed by atoms with Crippen LogP contribution in [0.3, 0.4) is 0 Å². The molecule has 1 aromatic carbocycles. The highest BCUT2D eigenvalue weighted by Gasteiger charge is 2.31. The van der Waals surface area contributed by atoms with Gasteiger partial charge in [-0.1, -0.05) is 20.8 Å². The average Bonchev–Trinajstić information content (AvgIpc) is 3.24. The van der Waals surface area contributed by atoms with Crippen LogP contribution < -0.4 is 4.74 Å². The average molecular weight is 381 g/mol. The van der Waals surface area contributed by atoms with Gasteiger partial charge in [0.05, 0.1) is 25.4 Å². The molecular formula is C20H23N5O3. The van der Waals surface area contributed by atoms with E-state index >= 15 is 0 Å². The van der Waals surface area contributed by atoms with Gasteiger partial charge in [0, 0.05) is 12.1 Å². The number of hydrogen-bond donors (Lipinski definition) is 1. The Kier molecular flexibility index (Phi) is 4.02. The number of benzene rings is 1. The molecule has 0 radical (unpaired) electrons. The second-order valence-electron chi connectivity index (χ2n) is 8.06. The molecule has 0 atom stereocenters. The number of tetrazole rings is 1. The normalized spacial score (nSPS) is 13.2. The van der Waals surface area contributed by atoms with Gasteiger partial charge in [0.15, 0.2) is 0 Å². The Labute approximate surface area is 162 Å². The summed E-state index contributed by atoms with van der Waals surface area (Å²) in [6, 6.07) is 5.80. The fourth-order valence-corrected chi connectivity index (χ4v) is 3.84. The van der Waals surface area contributed by atoms with E-state index in [-0.39, 0.29) is 5.41 Å². The highest BCUT2D eigenvalue weighted by molar-refractivity contribution is 5.90. The lowest BCUT2D eigenvalue weighted by Gasteiger charge is -2.27. The number of carbonyl (C=O) groups is 1. The number of aryl methyl sites for hydroxylation is 2. The predicted octanol–water partition coefficient (Wildman–Crippen LogP) is 2.91. The zero-order valence-electron chi connectivity index (χ0n) is 16.6. The maximum absolute atomic E-state index is 11.8. The first-order valence-corrected chi connectivity index (χ1v) is 9.13. The molecule has 0 saturated carbocycles. The monoisotopic (exact) mass is 381 g/mol. The summed E-state index contributed by atoms with van der Waals surface area (Å²) in [5, 5.41) is 22.1. The van der Waals surface area contributed by atoms with Crippen molar-refractivity contribution < 1.29 is 14.6 Å². The highest BCUT2D eigenvalue weighted by Crippen LogP contribution is 2.43. The number of ether oxygens (including phenoxy) is 1. The van der Waals surface area contributed by atoms with Crippen molar-refractivity contribution in [2.75, 3.05) is 7.11 Å². The number of aromatic nitrogens is 5. The van der Waals surface area contributed by atoms with E-state index in [0.29, 0.717) is 23.8 Å². The molecule has 28 heavy (non-hydrogen) atoms. The number of rotatable bonds is 3. The molecule has 0 unspecified atom stereocenters. The minimum atomic E-state index is -0.912. The van der Waals surface area contributed by atoms with Crippen molar-refractivity contribution in [3.05, 3.63) is 35.0 Å². The lowest BCUT2D eigenvalue weighted by atomic mass is 9.83. The van der Waals surface area contributed by atoms with Crippen LogP contribution in [0.15, 0.2) is 18.2 Å².